The van der Waals surface area contributed by atoms with E-state index in [4.69, 9.17) is 0 Å². The molecule has 1 saturated heterocycles. The highest BCUT2D eigenvalue weighted by atomic mass is 32.2. The van der Waals surface area contributed by atoms with Crippen molar-refractivity contribution in [2.24, 2.45) is 0 Å². The summed E-state index contributed by atoms with van der Waals surface area (Å²) in [6.07, 6.45) is 0. The molecule has 3 rings (SSSR count). The molecule has 0 radical (unpaired) electrons. The molecule has 0 atom stereocenters. The highest BCUT2D eigenvalue weighted by molar-refractivity contribution is 7.99. The van der Waals surface area contributed by atoms with Gasteiger partial charge in [0.05, 0.1) is 22.4 Å². The van der Waals surface area contributed by atoms with Crippen LogP contribution in [-0.4, -0.2) is 34.6 Å². The highest BCUT2D eigenvalue weighted by Crippen LogP contribution is 2.23. The molecule has 18 heavy (non-hydrogen) atoms. The first kappa shape index (κ1) is 11.8. The Bertz CT molecular complexity index is 577. The zero-order valence-corrected chi connectivity index (χ0v) is 11.6. The SMILES string of the molecule is Cc1nc2ccc(N3CCSCC3)cc2nc1C. The van der Waals surface area contributed by atoms with Gasteiger partial charge in [-0.2, -0.15) is 11.8 Å². The van der Waals surface area contributed by atoms with E-state index in [1.165, 1.54) is 17.2 Å². The van der Waals surface area contributed by atoms with Crippen LogP contribution in [0.5, 0.6) is 0 Å². The maximum absolute atomic E-state index is 4.64. The normalized spacial score (nSPS) is 16.2. The number of rotatable bonds is 1. The van der Waals surface area contributed by atoms with Crippen LogP contribution in [0.3, 0.4) is 0 Å². The minimum Gasteiger partial charge on any atom is -0.370 e. The Morgan fingerprint density at radius 1 is 1.00 bits per heavy atom. The van der Waals surface area contributed by atoms with Gasteiger partial charge in [0, 0.05) is 30.3 Å². The second-order valence-electron chi connectivity index (χ2n) is 4.67. The Labute approximate surface area is 112 Å². The van der Waals surface area contributed by atoms with Crippen molar-refractivity contribution in [1.82, 2.24) is 9.97 Å². The summed E-state index contributed by atoms with van der Waals surface area (Å²) in [5, 5.41) is 0. The standard InChI is InChI=1S/C14H17N3S/c1-10-11(2)16-14-9-12(3-4-13(14)15-10)17-5-7-18-8-6-17/h3-4,9H,5-8H2,1-2H3. The van der Waals surface area contributed by atoms with Gasteiger partial charge in [-0.15, -0.1) is 0 Å². The first-order chi connectivity index (χ1) is 8.74. The van der Waals surface area contributed by atoms with Crippen LogP contribution in [0.25, 0.3) is 11.0 Å². The summed E-state index contributed by atoms with van der Waals surface area (Å²) in [5.74, 6) is 2.44. The molecule has 4 heteroatoms. The summed E-state index contributed by atoms with van der Waals surface area (Å²) in [7, 11) is 0. The average Bonchev–Trinajstić information content (AvgIpc) is 2.41. The predicted molar refractivity (Wildman–Crippen MR) is 78.6 cm³/mol. The molecule has 1 aliphatic heterocycles. The van der Waals surface area contributed by atoms with E-state index in [-0.39, 0.29) is 0 Å². The van der Waals surface area contributed by atoms with Crippen LogP contribution in [0.2, 0.25) is 0 Å². The van der Waals surface area contributed by atoms with Crippen LogP contribution in [0.15, 0.2) is 18.2 Å². The fourth-order valence-electron chi connectivity index (χ4n) is 2.24. The minimum absolute atomic E-state index is 0.994. The number of fused-ring (bicyclic) bond motifs is 1. The van der Waals surface area contributed by atoms with Gasteiger partial charge in [0.1, 0.15) is 0 Å². The van der Waals surface area contributed by atoms with E-state index in [1.807, 2.05) is 25.6 Å². The van der Waals surface area contributed by atoms with Gasteiger partial charge in [0.25, 0.3) is 0 Å². The van der Waals surface area contributed by atoms with Gasteiger partial charge in [-0.1, -0.05) is 0 Å². The van der Waals surface area contributed by atoms with Gasteiger partial charge < -0.3 is 4.90 Å². The Hall–Kier alpha value is -1.29. The van der Waals surface area contributed by atoms with E-state index in [2.05, 4.69) is 33.1 Å². The lowest BCUT2D eigenvalue weighted by Gasteiger charge is -2.28. The van der Waals surface area contributed by atoms with Crippen LogP contribution >= 0.6 is 11.8 Å². The van der Waals surface area contributed by atoms with E-state index in [0.29, 0.717) is 0 Å². The summed E-state index contributed by atoms with van der Waals surface area (Å²) in [6, 6.07) is 6.43. The van der Waals surface area contributed by atoms with Gasteiger partial charge in [-0.3, -0.25) is 0 Å². The number of benzene rings is 1. The maximum Gasteiger partial charge on any atom is 0.0910 e. The van der Waals surface area contributed by atoms with Crippen molar-refractivity contribution in [3.63, 3.8) is 0 Å². The molecule has 0 unspecified atom stereocenters. The Balaban J connectivity index is 2.02. The average molecular weight is 259 g/mol. The molecule has 0 bridgehead atoms. The summed E-state index contributed by atoms with van der Waals surface area (Å²) in [6.45, 7) is 6.30. The van der Waals surface area contributed by atoms with Crippen molar-refractivity contribution in [2.45, 2.75) is 13.8 Å². The van der Waals surface area contributed by atoms with E-state index < -0.39 is 0 Å². The van der Waals surface area contributed by atoms with E-state index in [9.17, 15) is 0 Å². The van der Waals surface area contributed by atoms with Crippen molar-refractivity contribution < 1.29 is 0 Å². The quantitative estimate of drug-likeness (QED) is 0.787. The number of anilines is 1. The molecule has 1 fully saturated rings. The summed E-state index contributed by atoms with van der Waals surface area (Å²) in [4.78, 5) is 11.6. The molecule has 0 spiro atoms. The van der Waals surface area contributed by atoms with E-state index >= 15 is 0 Å². The number of nitrogens with zero attached hydrogens (tertiary/aromatic N) is 3. The Morgan fingerprint density at radius 3 is 2.39 bits per heavy atom. The molecule has 94 valence electrons. The first-order valence-corrected chi connectivity index (χ1v) is 7.47. The zero-order chi connectivity index (χ0) is 12.5. The number of aryl methyl sites for hydroxylation is 2. The zero-order valence-electron chi connectivity index (χ0n) is 10.8. The van der Waals surface area contributed by atoms with Crippen LogP contribution in [-0.2, 0) is 0 Å². The van der Waals surface area contributed by atoms with Gasteiger partial charge in [-0.25, -0.2) is 9.97 Å². The maximum atomic E-state index is 4.64. The smallest absolute Gasteiger partial charge is 0.0910 e. The van der Waals surface area contributed by atoms with Crippen LogP contribution < -0.4 is 4.90 Å². The van der Waals surface area contributed by atoms with Gasteiger partial charge >= 0.3 is 0 Å². The second kappa shape index (κ2) is 4.76. The van der Waals surface area contributed by atoms with Crippen LogP contribution in [0, 0.1) is 13.8 Å². The Morgan fingerprint density at radius 2 is 1.67 bits per heavy atom. The fraction of sp³-hybridized carbons (Fsp3) is 0.429. The van der Waals surface area contributed by atoms with Crippen LogP contribution in [0.1, 0.15) is 11.4 Å². The molecular weight excluding hydrogens is 242 g/mol. The van der Waals surface area contributed by atoms with Crippen molar-refractivity contribution >= 4 is 28.5 Å². The monoisotopic (exact) mass is 259 g/mol. The number of thioether (sulfide) groups is 1. The third-order valence-corrected chi connectivity index (χ3v) is 4.38. The summed E-state index contributed by atoms with van der Waals surface area (Å²) in [5.41, 5.74) is 5.32. The lowest BCUT2D eigenvalue weighted by Crippen LogP contribution is -2.32. The fourth-order valence-corrected chi connectivity index (χ4v) is 3.14. The van der Waals surface area contributed by atoms with Gasteiger partial charge in [-0.05, 0) is 32.0 Å². The molecule has 2 aromatic rings. The van der Waals surface area contributed by atoms with E-state index in [1.54, 1.807) is 0 Å². The molecule has 1 aromatic carbocycles. The number of hydrogen-bond donors (Lipinski definition) is 0. The molecule has 1 aliphatic rings. The highest BCUT2D eigenvalue weighted by Gasteiger charge is 2.12. The number of hydrogen-bond acceptors (Lipinski definition) is 4. The lowest BCUT2D eigenvalue weighted by molar-refractivity contribution is 0.859. The molecular formula is C14H17N3S. The van der Waals surface area contributed by atoms with E-state index in [0.717, 1.165) is 35.5 Å². The largest absolute Gasteiger partial charge is 0.370 e. The molecule has 3 nitrogen and oxygen atoms in total. The molecule has 1 aromatic heterocycles. The summed E-state index contributed by atoms with van der Waals surface area (Å²) < 4.78 is 0. The van der Waals surface area contributed by atoms with Crippen molar-refractivity contribution in [3.8, 4) is 0 Å². The second-order valence-corrected chi connectivity index (χ2v) is 5.89. The molecule has 0 saturated carbocycles. The van der Waals surface area contributed by atoms with Crippen molar-refractivity contribution in [3.05, 3.63) is 29.6 Å². The topological polar surface area (TPSA) is 29.0 Å². The molecule has 0 amide bonds. The lowest BCUT2D eigenvalue weighted by atomic mass is 10.2. The predicted octanol–water partition coefficient (Wildman–Crippen LogP) is 2.80. The third-order valence-electron chi connectivity index (χ3n) is 3.44. The third kappa shape index (κ3) is 2.17. The Kier molecular flexibility index (Phi) is 3.12. The molecule has 0 aliphatic carbocycles. The number of aromatic nitrogens is 2. The van der Waals surface area contributed by atoms with Gasteiger partial charge in [0.2, 0.25) is 0 Å². The minimum atomic E-state index is 0.994. The van der Waals surface area contributed by atoms with Crippen LogP contribution in [0.4, 0.5) is 5.69 Å². The molecule has 0 N–H and O–H groups in total. The first-order valence-electron chi connectivity index (χ1n) is 6.32. The van der Waals surface area contributed by atoms with Crippen molar-refractivity contribution in [2.75, 3.05) is 29.5 Å². The summed E-state index contributed by atoms with van der Waals surface area (Å²) >= 11 is 2.03. The van der Waals surface area contributed by atoms with Crippen molar-refractivity contribution in [1.29, 1.82) is 0 Å². The molecule has 2 heterocycles. The van der Waals surface area contributed by atoms with Gasteiger partial charge in [0.15, 0.2) is 0 Å².